The summed E-state index contributed by atoms with van der Waals surface area (Å²) in [5, 5.41) is 13.0. The van der Waals surface area contributed by atoms with Crippen molar-refractivity contribution in [2.75, 3.05) is 26.2 Å². The second-order valence-electron chi connectivity index (χ2n) is 6.78. The average molecular weight is 270 g/mol. The third-order valence-electron chi connectivity index (χ3n) is 4.24. The predicted octanol–water partition coefficient (Wildman–Crippen LogP) is 2.64. The van der Waals surface area contributed by atoms with E-state index in [2.05, 4.69) is 37.9 Å². The first-order valence-corrected chi connectivity index (χ1v) is 8.10. The van der Waals surface area contributed by atoms with Gasteiger partial charge in [-0.1, -0.05) is 6.92 Å². The van der Waals surface area contributed by atoms with E-state index in [-0.39, 0.29) is 12.1 Å². The smallest absolute Gasteiger partial charge is 0.0610 e. The zero-order chi connectivity index (χ0) is 14.3. The third-order valence-corrected chi connectivity index (χ3v) is 4.24. The highest BCUT2D eigenvalue weighted by atomic mass is 16.3. The summed E-state index contributed by atoms with van der Waals surface area (Å²) < 4.78 is 0. The van der Waals surface area contributed by atoms with Crippen molar-refractivity contribution < 1.29 is 5.11 Å². The van der Waals surface area contributed by atoms with Crippen molar-refractivity contribution in [2.24, 2.45) is 5.92 Å². The summed E-state index contributed by atoms with van der Waals surface area (Å²) in [7, 11) is 0. The lowest BCUT2D eigenvalue weighted by Crippen LogP contribution is -2.46. The van der Waals surface area contributed by atoms with Gasteiger partial charge < -0.3 is 15.3 Å². The van der Waals surface area contributed by atoms with Crippen molar-refractivity contribution in [1.29, 1.82) is 0 Å². The van der Waals surface area contributed by atoms with Gasteiger partial charge in [-0.15, -0.1) is 0 Å². The van der Waals surface area contributed by atoms with Crippen LogP contribution in [0.15, 0.2) is 0 Å². The molecule has 0 radical (unpaired) electrons. The fourth-order valence-corrected chi connectivity index (χ4v) is 2.51. The van der Waals surface area contributed by atoms with Crippen LogP contribution >= 0.6 is 0 Å². The average Bonchev–Trinajstić information content (AvgIpc) is 3.19. The van der Waals surface area contributed by atoms with Gasteiger partial charge in [0, 0.05) is 18.1 Å². The lowest BCUT2D eigenvalue weighted by molar-refractivity contribution is 0.149. The fraction of sp³-hybridized carbons (Fsp3) is 1.00. The molecule has 0 aliphatic heterocycles. The van der Waals surface area contributed by atoms with Crippen LogP contribution in [0.4, 0.5) is 0 Å². The zero-order valence-corrected chi connectivity index (χ0v) is 13.4. The van der Waals surface area contributed by atoms with Gasteiger partial charge in [0.1, 0.15) is 0 Å². The maximum atomic E-state index is 9.57. The van der Waals surface area contributed by atoms with Crippen molar-refractivity contribution >= 4 is 0 Å². The number of aliphatic hydroxyl groups excluding tert-OH is 1. The van der Waals surface area contributed by atoms with Gasteiger partial charge in [0.2, 0.25) is 0 Å². The lowest BCUT2D eigenvalue weighted by atomic mass is 9.96. The highest BCUT2D eigenvalue weighted by Crippen LogP contribution is 2.30. The van der Waals surface area contributed by atoms with Crippen LogP contribution in [0.2, 0.25) is 0 Å². The predicted molar refractivity (Wildman–Crippen MR) is 82.5 cm³/mol. The quantitative estimate of drug-likeness (QED) is 0.606. The summed E-state index contributed by atoms with van der Waals surface area (Å²) in [5.74, 6) is 0.963. The molecular formula is C16H34N2O. The number of rotatable bonds is 11. The highest BCUT2D eigenvalue weighted by molar-refractivity contribution is 4.83. The van der Waals surface area contributed by atoms with Crippen LogP contribution in [0.5, 0.6) is 0 Å². The van der Waals surface area contributed by atoms with Crippen LogP contribution < -0.4 is 5.32 Å². The second-order valence-corrected chi connectivity index (χ2v) is 6.78. The molecule has 2 N–H and O–H groups in total. The molecule has 1 fully saturated rings. The second kappa shape index (κ2) is 8.23. The molecule has 0 bridgehead atoms. The van der Waals surface area contributed by atoms with Crippen molar-refractivity contribution in [3.05, 3.63) is 0 Å². The first kappa shape index (κ1) is 16.9. The van der Waals surface area contributed by atoms with E-state index < -0.39 is 0 Å². The van der Waals surface area contributed by atoms with Crippen molar-refractivity contribution in [1.82, 2.24) is 10.2 Å². The van der Waals surface area contributed by atoms with Gasteiger partial charge in [-0.2, -0.15) is 0 Å². The fourth-order valence-electron chi connectivity index (χ4n) is 2.51. The Kier molecular flexibility index (Phi) is 7.33. The molecule has 3 heteroatoms. The van der Waals surface area contributed by atoms with E-state index in [0.29, 0.717) is 6.04 Å². The van der Waals surface area contributed by atoms with E-state index in [1.807, 2.05) is 0 Å². The van der Waals surface area contributed by atoms with Gasteiger partial charge in [0.25, 0.3) is 0 Å². The topological polar surface area (TPSA) is 35.5 Å². The third kappa shape index (κ3) is 6.73. The summed E-state index contributed by atoms with van der Waals surface area (Å²) in [6, 6.07) is 0.643. The van der Waals surface area contributed by atoms with Crippen molar-refractivity contribution in [2.45, 2.75) is 71.4 Å². The molecule has 0 aromatic rings. The first-order chi connectivity index (χ1) is 9.00. The summed E-state index contributed by atoms with van der Waals surface area (Å²) in [4.78, 5) is 2.61. The van der Waals surface area contributed by atoms with Crippen molar-refractivity contribution in [3.8, 4) is 0 Å². The van der Waals surface area contributed by atoms with E-state index in [0.717, 1.165) is 31.8 Å². The van der Waals surface area contributed by atoms with E-state index in [9.17, 15) is 5.11 Å². The molecule has 0 spiro atoms. The summed E-state index contributed by atoms with van der Waals surface area (Å²) >= 11 is 0. The highest BCUT2D eigenvalue weighted by Gasteiger charge is 2.26. The van der Waals surface area contributed by atoms with Gasteiger partial charge in [0.05, 0.1) is 6.61 Å². The summed E-state index contributed by atoms with van der Waals surface area (Å²) in [6.07, 6.45) is 6.19. The van der Waals surface area contributed by atoms with Crippen LogP contribution in [0, 0.1) is 5.92 Å². The Balaban J connectivity index is 2.27. The number of nitrogens with zero attached hydrogens (tertiary/aromatic N) is 1. The Morgan fingerprint density at radius 2 is 2.05 bits per heavy atom. The molecule has 1 atom stereocenters. The molecule has 3 nitrogen and oxygen atoms in total. The van der Waals surface area contributed by atoms with Crippen LogP contribution in [-0.4, -0.2) is 47.8 Å². The summed E-state index contributed by atoms with van der Waals surface area (Å²) in [6.45, 7) is 12.6. The van der Waals surface area contributed by atoms with Crippen LogP contribution in [0.3, 0.4) is 0 Å². The molecule has 1 aliphatic rings. The molecule has 1 saturated carbocycles. The molecule has 0 amide bonds. The molecule has 19 heavy (non-hydrogen) atoms. The van der Waals surface area contributed by atoms with Crippen LogP contribution in [0.25, 0.3) is 0 Å². The monoisotopic (exact) mass is 270 g/mol. The Bertz CT molecular complexity index is 241. The summed E-state index contributed by atoms with van der Waals surface area (Å²) in [5.41, 5.74) is -0.0990. The van der Waals surface area contributed by atoms with Gasteiger partial charge in [-0.3, -0.25) is 0 Å². The van der Waals surface area contributed by atoms with Gasteiger partial charge in [-0.25, -0.2) is 0 Å². The Morgan fingerprint density at radius 3 is 2.53 bits per heavy atom. The number of nitrogens with one attached hydrogen (secondary N) is 1. The molecule has 0 aromatic carbocycles. The number of hydrogen-bond donors (Lipinski definition) is 2. The molecule has 1 unspecified atom stereocenters. The molecular weight excluding hydrogens is 236 g/mol. The minimum absolute atomic E-state index is 0.0990. The maximum Gasteiger partial charge on any atom is 0.0610 e. The van der Waals surface area contributed by atoms with Gasteiger partial charge in [-0.05, 0) is 71.9 Å². The maximum absolute atomic E-state index is 9.57. The van der Waals surface area contributed by atoms with E-state index in [1.54, 1.807) is 0 Å². The molecule has 0 heterocycles. The normalized spacial score (nSPS) is 19.1. The van der Waals surface area contributed by atoms with Crippen molar-refractivity contribution in [3.63, 3.8) is 0 Å². The number of hydrogen-bond acceptors (Lipinski definition) is 3. The Morgan fingerprint density at radius 1 is 1.37 bits per heavy atom. The molecule has 114 valence electrons. The Hall–Kier alpha value is -0.120. The van der Waals surface area contributed by atoms with Crippen LogP contribution in [-0.2, 0) is 0 Å². The standard InChI is InChI=1S/C16H34N2O/c1-5-10-17-16(4,13-19)9-6-11-18(14(2)3)12-15-7-8-15/h14-15,17,19H,5-13H2,1-4H3. The van der Waals surface area contributed by atoms with Gasteiger partial charge >= 0.3 is 0 Å². The largest absolute Gasteiger partial charge is 0.394 e. The number of aliphatic hydroxyl groups is 1. The molecule has 0 aromatic heterocycles. The van der Waals surface area contributed by atoms with E-state index >= 15 is 0 Å². The Labute approximate surface area is 119 Å². The van der Waals surface area contributed by atoms with Gasteiger partial charge in [0.15, 0.2) is 0 Å². The minimum Gasteiger partial charge on any atom is -0.394 e. The SMILES string of the molecule is CCCNC(C)(CO)CCCN(CC1CC1)C(C)C. The molecule has 0 saturated heterocycles. The van der Waals surface area contributed by atoms with E-state index in [1.165, 1.54) is 25.8 Å². The zero-order valence-electron chi connectivity index (χ0n) is 13.4. The molecule has 1 aliphatic carbocycles. The minimum atomic E-state index is -0.0990. The molecule has 1 rings (SSSR count). The first-order valence-electron chi connectivity index (χ1n) is 8.10. The van der Waals surface area contributed by atoms with Crippen LogP contribution in [0.1, 0.15) is 59.8 Å². The lowest BCUT2D eigenvalue weighted by Gasteiger charge is -2.31. The van der Waals surface area contributed by atoms with E-state index in [4.69, 9.17) is 0 Å².